The second-order valence-electron chi connectivity index (χ2n) is 11.3. The van der Waals surface area contributed by atoms with Gasteiger partial charge in [-0.3, -0.25) is 9.59 Å². The largest absolute Gasteiger partial charge is 0.393 e. The molecule has 10 heteroatoms. The molecule has 1 atom stereocenters. The van der Waals surface area contributed by atoms with Gasteiger partial charge in [-0.25, -0.2) is 0 Å². The molecule has 5 rings (SSSR count). The highest BCUT2D eigenvalue weighted by Gasteiger charge is 2.42. The molecule has 0 spiro atoms. The van der Waals surface area contributed by atoms with Crippen LogP contribution in [0.25, 0.3) is 11.1 Å². The minimum Gasteiger partial charge on any atom is -0.393 e. The molecule has 40 heavy (non-hydrogen) atoms. The summed E-state index contributed by atoms with van der Waals surface area (Å²) in [5.74, 6) is -1.69. The quantitative estimate of drug-likeness (QED) is 0.414. The van der Waals surface area contributed by atoms with Gasteiger partial charge in [-0.1, -0.05) is 35.3 Å². The summed E-state index contributed by atoms with van der Waals surface area (Å²) in [6.07, 6.45) is -0.311. The first-order chi connectivity index (χ1) is 19.0. The van der Waals surface area contributed by atoms with Crippen molar-refractivity contribution in [2.24, 2.45) is 11.8 Å². The van der Waals surface area contributed by atoms with Crippen LogP contribution in [0.1, 0.15) is 60.9 Å². The lowest BCUT2D eigenvalue weighted by Crippen LogP contribution is -2.42. The zero-order chi connectivity index (χ0) is 28.6. The Hall–Kier alpha value is -2.29. The highest BCUT2D eigenvalue weighted by molar-refractivity contribution is 6.36. The van der Waals surface area contributed by atoms with Crippen LogP contribution >= 0.6 is 23.2 Å². The van der Waals surface area contributed by atoms with E-state index in [9.17, 15) is 27.9 Å². The van der Waals surface area contributed by atoms with Crippen molar-refractivity contribution < 1.29 is 27.9 Å². The molecule has 3 fully saturated rings. The molecule has 2 aromatic rings. The van der Waals surface area contributed by atoms with Crippen LogP contribution in [0, 0.1) is 11.8 Å². The van der Waals surface area contributed by atoms with Crippen molar-refractivity contribution in [1.29, 1.82) is 0 Å². The van der Waals surface area contributed by atoms with Crippen LogP contribution in [0.2, 0.25) is 10.0 Å². The molecule has 2 amide bonds. The molecule has 1 saturated carbocycles. The number of rotatable bonds is 5. The summed E-state index contributed by atoms with van der Waals surface area (Å²) < 4.78 is 38.8. The highest BCUT2D eigenvalue weighted by atomic mass is 35.5. The van der Waals surface area contributed by atoms with E-state index in [0.717, 1.165) is 48.8 Å². The average Bonchev–Trinajstić information content (AvgIpc) is 3.30. The summed E-state index contributed by atoms with van der Waals surface area (Å²) in [5.41, 5.74) is 2.72. The van der Waals surface area contributed by atoms with E-state index in [1.807, 2.05) is 4.90 Å². The Morgan fingerprint density at radius 1 is 0.875 bits per heavy atom. The Labute approximate surface area is 242 Å². The van der Waals surface area contributed by atoms with E-state index in [0.29, 0.717) is 28.6 Å². The third-order valence-electron chi connectivity index (χ3n) is 8.76. The SMILES string of the molecule is O=C(c1ccc(-c2cc(Cl)c(CC3CCN(C4CCC(O)CC4)C3=O)c(Cl)c2)cc1)N1CCC(C(F)(F)F)CC1. The van der Waals surface area contributed by atoms with E-state index < -0.39 is 12.1 Å². The van der Waals surface area contributed by atoms with E-state index in [1.54, 1.807) is 36.4 Å². The van der Waals surface area contributed by atoms with Crippen molar-refractivity contribution in [1.82, 2.24) is 9.80 Å². The average molecular weight is 598 g/mol. The third kappa shape index (κ3) is 6.29. The summed E-state index contributed by atoms with van der Waals surface area (Å²) in [4.78, 5) is 29.4. The van der Waals surface area contributed by atoms with Gasteiger partial charge in [0.05, 0.1) is 12.0 Å². The minimum absolute atomic E-state index is 0.0775. The summed E-state index contributed by atoms with van der Waals surface area (Å²) in [6.45, 7) is 0.883. The lowest BCUT2D eigenvalue weighted by atomic mass is 9.92. The minimum atomic E-state index is -4.22. The number of carbonyl (C=O) groups excluding carboxylic acids is 2. The maximum Gasteiger partial charge on any atom is 0.391 e. The van der Waals surface area contributed by atoms with Crippen molar-refractivity contribution >= 4 is 35.0 Å². The van der Waals surface area contributed by atoms with Gasteiger partial charge < -0.3 is 14.9 Å². The summed E-state index contributed by atoms with van der Waals surface area (Å²) in [6, 6.07) is 10.7. The second kappa shape index (κ2) is 11.9. The number of piperidine rings is 1. The zero-order valence-corrected chi connectivity index (χ0v) is 23.6. The molecule has 0 bridgehead atoms. The maximum absolute atomic E-state index is 13.2. The maximum atomic E-state index is 13.2. The predicted octanol–water partition coefficient (Wildman–Crippen LogP) is 6.77. The Kier molecular flexibility index (Phi) is 8.69. The molecule has 5 nitrogen and oxygen atoms in total. The predicted molar refractivity (Wildman–Crippen MR) is 148 cm³/mol. The normalized spacial score (nSPS) is 24.6. The molecule has 0 aromatic heterocycles. The molecular formula is C30H33Cl2F3N2O3. The molecule has 216 valence electrons. The standard InChI is InChI=1S/C30H33Cl2F3N2O3/c31-26-16-21(18-1-3-19(4-2-18)28(39)36-12-10-22(11-13-36)30(33,34)35)17-27(32)25(26)15-20-9-14-37(29(20)40)23-5-7-24(38)8-6-23/h1-4,16-17,20,22-24,38H,5-15H2. The van der Waals surface area contributed by atoms with Gasteiger partial charge in [0.25, 0.3) is 5.91 Å². The number of carbonyl (C=O) groups is 2. The van der Waals surface area contributed by atoms with Crippen LogP contribution in [0.4, 0.5) is 13.2 Å². The third-order valence-corrected chi connectivity index (χ3v) is 9.43. The lowest BCUT2D eigenvalue weighted by molar-refractivity contribution is -0.183. The van der Waals surface area contributed by atoms with E-state index in [1.165, 1.54) is 4.90 Å². The van der Waals surface area contributed by atoms with E-state index in [2.05, 4.69) is 0 Å². The van der Waals surface area contributed by atoms with Crippen molar-refractivity contribution in [3.8, 4) is 11.1 Å². The van der Waals surface area contributed by atoms with Gasteiger partial charge in [-0.05, 0) is 92.3 Å². The molecule has 2 saturated heterocycles. The van der Waals surface area contributed by atoms with Crippen LogP contribution in [0.5, 0.6) is 0 Å². The number of amides is 2. The number of hydrogen-bond acceptors (Lipinski definition) is 3. The molecule has 1 aliphatic carbocycles. The molecule has 2 aromatic carbocycles. The molecule has 1 unspecified atom stereocenters. The molecule has 1 N–H and O–H groups in total. The topological polar surface area (TPSA) is 60.9 Å². The van der Waals surface area contributed by atoms with Gasteiger partial charge >= 0.3 is 6.18 Å². The monoisotopic (exact) mass is 596 g/mol. The second-order valence-corrected chi connectivity index (χ2v) is 12.1. The van der Waals surface area contributed by atoms with Crippen molar-refractivity contribution in [2.75, 3.05) is 19.6 Å². The fraction of sp³-hybridized carbons (Fsp3) is 0.533. The smallest absolute Gasteiger partial charge is 0.391 e. The highest BCUT2D eigenvalue weighted by Crippen LogP contribution is 2.37. The number of halogens is 5. The van der Waals surface area contributed by atoms with Gasteiger partial charge in [0.15, 0.2) is 0 Å². The summed E-state index contributed by atoms with van der Waals surface area (Å²) in [7, 11) is 0. The molecule has 2 heterocycles. The van der Waals surface area contributed by atoms with Crippen LogP contribution in [0.15, 0.2) is 36.4 Å². The Bertz CT molecular complexity index is 1210. The summed E-state index contributed by atoms with van der Waals surface area (Å²) >= 11 is 13.3. The van der Waals surface area contributed by atoms with E-state index in [-0.39, 0.29) is 55.8 Å². The van der Waals surface area contributed by atoms with Gasteiger partial charge in [0.2, 0.25) is 5.91 Å². The number of aliphatic hydroxyl groups is 1. The molecular weight excluding hydrogens is 564 g/mol. The zero-order valence-electron chi connectivity index (χ0n) is 22.1. The first-order valence-corrected chi connectivity index (χ1v) is 14.7. The van der Waals surface area contributed by atoms with E-state index in [4.69, 9.17) is 23.2 Å². The molecule has 0 radical (unpaired) electrons. The fourth-order valence-corrected chi connectivity index (χ4v) is 6.94. The van der Waals surface area contributed by atoms with Gasteiger partial charge in [-0.15, -0.1) is 0 Å². The fourth-order valence-electron chi connectivity index (χ4n) is 6.29. The number of benzene rings is 2. The first kappa shape index (κ1) is 29.2. The Morgan fingerprint density at radius 2 is 1.48 bits per heavy atom. The van der Waals surface area contributed by atoms with Crippen molar-refractivity contribution in [2.45, 2.75) is 69.7 Å². The van der Waals surface area contributed by atoms with Crippen LogP contribution in [0.3, 0.4) is 0 Å². The van der Waals surface area contributed by atoms with Gasteiger partial charge in [0, 0.05) is 47.2 Å². The van der Waals surface area contributed by atoms with Crippen LogP contribution < -0.4 is 0 Å². The summed E-state index contributed by atoms with van der Waals surface area (Å²) in [5, 5.41) is 10.7. The number of likely N-dealkylation sites (tertiary alicyclic amines) is 2. The molecule has 3 aliphatic rings. The number of aliphatic hydroxyl groups excluding tert-OH is 1. The van der Waals surface area contributed by atoms with E-state index >= 15 is 0 Å². The van der Waals surface area contributed by atoms with Crippen molar-refractivity contribution in [3.05, 3.63) is 57.6 Å². The lowest BCUT2D eigenvalue weighted by Gasteiger charge is -2.33. The van der Waals surface area contributed by atoms with Crippen LogP contribution in [-0.4, -0.2) is 64.7 Å². The van der Waals surface area contributed by atoms with Crippen LogP contribution in [-0.2, 0) is 11.2 Å². The Morgan fingerprint density at radius 3 is 2.05 bits per heavy atom. The Balaban J connectivity index is 1.22. The van der Waals surface area contributed by atoms with Gasteiger partial charge in [-0.2, -0.15) is 13.2 Å². The number of alkyl halides is 3. The van der Waals surface area contributed by atoms with Gasteiger partial charge in [0.1, 0.15) is 0 Å². The number of hydrogen-bond donors (Lipinski definition) is 1. The number of nitrogens with zero attached hydrogens (tertiary/aromatic N) is 2. The van der Waals surface area contributed by atoms with Crippen molar-refractivity contribution in [3.63, 3.8) is 0 Å². The first-order valence-electron chi connectivity index (χ1n) is 13.9. The molecule has 2 aliphatic heterocycles.